The molecule has 5 nitrogen and oxygen atoms in total. The van der Waals surface area contributed by atoms with Gasteiger partial charge in [-0.25, -0.2) is 4.39 Å². The van der Waals surface area contributed by atoms with E-state index in [1.165, 1.54) is 12.1 Å². The standard InChI is InChI=1S/C8H7FN2O2.H2O/c9-5-3-1-2-4(7(10)12)6(5)8(11)13;/h1-3H,(H2,10,12)(H2,11,13);1H2. The Balaban J connectivity index is 0.00000169. The Kier molecular flexibility index (Phi) is 3.73. The average molecular weight is 200 g/mol. The van der Waals surface area contributed by atoms with Crippen LogP contribution >= 0.6 is 0 Å². The van der Waals surface area contributed by atoms with Crippen LogP contribution in [0.5, 0.6) is 0 Å². The van der Waals surface area contributed by atoms with Crippen molar-refractivity contribution >= 4 is 11.8 Å². The van der Waals surface area contributed by atoms with Crippen molar-refractivity contribution in [2.45, 2.75) is 0 Å². The van der Waals surface area contributed by atoms with Crippen LogP contribution < -0.4 is 11.5 Å². The molecule has 0 heterocycles. The molecular formula is C8H9FN2O3. The molecule has 0 aliphatic rings. The highest BCUT2D eigenvalue weighted by Crippen LogP contribution is 2.11. The van der Waals surface area contributed by atoms with Crippen molar-refractivity contribution < 1.29 is 19.5 Å². The second-order valence-corrected chi connectivity index (χ2v) is 2.39. The molecule has 0 saturated heterocycles. The Morgan fingerprint density at radius 3 is 2.07 bits per heavy atom. The second kappa shape index (κ2) is 4.33. The Morgan fingerprint density at radius 1 is 1.14 bits per heavy atom. The minimum atomic E-state index is -1.01. The summed E-state index contributed by atoms with van der Waals surface area (Å²) in [7, 11) is 0. The number of rotatable bonds is 2. The molecule has 0 unspecified atom stereocenters. The van der Waals surface area contributed by atoms with Crippen LogP contribution in [-0.2, 0) is 0 Å². The summed E-state index contributed by atoms with van der Waals surface area (Å²) in [5.41, 5.74) is 9.11. The predicted octanol–water partition coefficient (Wildman–Crippen LogP) is -0.801. The maximum atomic E-state index is 13.0. The van der Waals surface area contributed by atoms with Gasteiger partial charge in [0.25, 0.3) is 5.91 Å². The lowest BCUT2D eigenvalue weighted by Crippen LogP contribution is -2.21. The van der Waals surface area contributed by atoms with Gasteiger partial charge in [-0.2, -0.15) is 0 Å². The first-order chi connectivity index (χ1) is 6.04. The van der Waals surface area contributed by atoms with Gasteiger partial charge in [0, 0.05) is 0 Å². The van der Waals surface area contributed by atoms with Crippen LogP contribution in [0.2, 0.25) is 0 Å². The van der Waals surface area contributed by atoms with Gasteiger partial charge in [-0.05, 0) is 12.1 Å². The molecule has 0 bridgehead atoms. The Bertz CT molecular complexity index is 379. The molecule has 0 fully saturated rings. The monoisotopic (exact) mass is 200 g/mol. The van der Waals surface area contributed by atoms with E-state index in [9.17, 15) is 14.0 Å². The lowest BCUT2D eigenvalue weighted by Gasteiger charge is -2.02. The molecule has 6 N–H and O–H groups in total. The van der Waals surface area contributed by atoms with Crippen molar-refractivity contribution in [3.8, 4) is 0 Å². The Morgan fingerprint density at radius 2 is 1.71 bits per heavy atom. The first-order valence-electron chi connectivity index (χ1n) is 3.42. The third-order valence-electron chi connectivity index (χ3n) is 1.53. The zero-order valence-electron chi connectivity index (χ0n) is 7.08. The quantitative estimate of drug-likeness (QED) is 0.649. The van der Waals surface area contributed by atoms with Crippen LogP contribution in [-0.4, -0.2) is 17.3 Å². The molecule has 0 aromatic heterocycles. The summed E-state index contributed by atoms with van der Waals surface area (Å²) in [4.78, 5) is 21.4. The summed E-state index contributed by atoms with van der Waals surface area (Å²) in [6.45, 7) is 0. The topological polar surface area (TPSA) is 118 Å². The molecule has 0 aliphatic carbocycles. The zero-order valence-corrected chi connectivity index (χ0v) is 7.08. The lowest BCUT2D eigenvalue weighted by molar-refractivity contribution is 0.0964. The van der Waals surface area contributed by atoms with Crippen LogP contribution in [0.1, 0.15) is 20.7 Å². The molecule has 0 radical (unpaired) electrons. The maximum absolute atomic E-state index is 13.0. The predicted molar refractivity (Wildman–Crippen MR) is 47.0 cm³/mol. The van der Waals surface area contributed by atoms with Crippen molar-refractivity contribution in [1.82, 2.24) is 0 Å². The average Bonchev–Trinajstić information content (AvgIpc) is 2.02. The normalized spacial score (nSPS) is 8.93. The van der Waals surface area contributed by atoms with Gasteiger partial charge in [0.2, 0.25) is 5.91 Å². The van der Waals surface area contributed by atoms with E-state index in [0.717, 1.165) is 6.07 Å². The van der Waals surface area contributed by atoms with Crippen molar-refractivity contribution in [3.05, 3.63) is 35.1 Å². The molecule has 6 heteroatoms. The van der Waals surface area contributed by atoms with E-state index < -0.39 is 23.2 Å². The molecule has 0 aliphatic heterocycles. The molecule has 76 valence electrons. The van der Waals surface area contributed by atoms with E-state index in [1.54, 1.807) is 0 Å². The van der Waals surface area contributed by atoms with Gasteiger partial charge in [0.15, 0.2) is 0 Å². The number of benzene rings is 1. The van der Waals surface area contributed by atoms with Gasteiger partial charge in [-0.3, -0.25) is 9.59 Å². The second-order valence-electron chi connectivity index (χ2n) is 2.39. The molecule has 14 heavy (non-hydrogen) atoms. The molecule has 0 saturated carbocycles. The van der Waals surface area contributed by atoms with Crippen LogP contribution in [0.4, 0.5) is 4.39 Å². The van der Waals surface area contributed by atoms with Crippen LogP contribution in [0.15, 0.2) is 18.2 Å². The van der Waals surface area contributed by atoms with Crippen molar-refractivity contribution in [2.75, 3.05) is 0 Å². The largest absolute Gasteiger partial charge is 0.412 e. The Hall–Kier alpha value is -1.95. The molecule has 1 rings (SSSR count). The minimum Gasteiger partial charge on any atom is -0.412 e. The number of amides is 2. The molecule has 2 amide bonds. The van der Waals surface area contributed by atoms with Gasteiger partial charge in [-0.15, -0.1) is 0 Å². The third-order valence-corrected chi connectivity index (χ3v) is 1.53. The fourth-order valence-electron chi connectivity index (χ4n) is 0.980. The highest BCUT2D eigenvalue weighted by molar-refractivity contribution is 6.06. The number of hydrogen-bond acceptors (Lipinski definition) is 2. The molecule has 1 aromatic rings. The Labute approximate surface area is 78.8 Å². The van der Waals surface area contributed by atoms with Crippen molar-refractivity contribution in [2.24, 2.45) is 11.5 Å². The molecular weight excluding hydrogens is 191 g/mol. The zero-order chi connectivity index (χ0) is 10.0. The van der Waals surface area contributed by atoms with Crippen LogP contribution in [0, 0.1) is 5.82 Å². The fourth-order valence-corrected chi connectivity index (χ4v) is 0.980. The van der Waals surface area contributed by atoms with Crippen LogP contribution in [0.25, 0.3) is 0 Å². The van der Waals surface area contributed by atoms with E-state index in [1.807, 2.05) is 0 Å². The van der Waals surface area contributed by atoms with Crippen molar-refractivity contribution in [1.29, 1.82) is 0 Å². The first-order valence-corrected chi connectivity index (χ1v) is 3.42. The van der Waals surface area contributed by atoms with E-state index >= 15 is 0 Å². The SMILES string of the molecule is NC(=O)c1cccc(F)c1C(N)=O.O. The maximum Gasteiger partial charge on any atom is 0.252 e. The first kappa shape index (κ1) is 12.0. The fraction of sp³-hybridized carbons (Fsp3) is 0. The summed E-state index contributed by atoms with van der Waals surface area (Å²) in [6, 6.07) is 3.56. The number of hydrogen-bond donors (Lipinski definition) is 2. The summed E-state index contributed by atoms with van der Waals surface area (Å²) in [5.74, 6) is -2.73. The molecule has 1 aromatic carbocycles. The van der Waals surface area contributed by atoms with Gasteiger partial charge >= 0.3 is 0 Å². The van der Waals surface area contributed by atoms with Gasteiger partial charge in [0.1, 0.15) is 5.82 Å². The number of halogens is 1. The minimum absolute atomic E-state index is 0. The number of nitrogens with two attached hydrogens (primary N) is 2. The highest BCUT2D eigenvalue weighted by Gasteiger charge is 2.16. The summed E-state index contributed by atoms with van der Waals surface area (Å²) in [6.07, 6.45) is 0. The van der Waals surface area contributed by atoms with Gasteiger partial charge in [0.05, 0.1) is 11.1 Å². The van der Waals surface area contributed by atoms with E-state index in [-0.39, 0.29) is 11.0 Å². The number of carbonyl (C=O) groups is 2. The van der Waals surface area contributed by atoms with Gasteiger partial charge in [-0.1, -0.05) is 6.07 Å². The lowest BCUT2D eigenvalue weighted by atomic mass is 10.1. The highest BCUT2D eigenvalue weighted by atomic mass is 19.1. The molecule has 0 atom stereocenters. The summed E-state index contributed by atoms with van der Waals surface area (Å²) in [5, 5.41) is 0. The molecule has 0 spiro atoms. The van der Waals surface area contributed by atoms with Crippen molar-refractivity contribution in [3.63, 3.8) is 0 Å². The number of primary amides is 2. The smallest absolute Gasteiger partial charge is 0.252 e. The number of carbonyl (C=O) groups excluding carboxylic acids is 2. The third kappa shape index (κ3) is 2.05. The van der Waals surface area contributed by atoms with E-state index in [2.05, 4.69) is 0 Å². The van der Waals surface area contributed by atoms with Crippen LogP contribution in [0.3, 0.4) is 0 Å². The van der Waals surface area contributed by atoms with E-state index in [0.29, 0.717) is 0 Å². The summed E-state index contributed by atoms with van der Waals surface area (Å²) >= 11 is 0. The van der Waals surface area contributed by atoms with E-state index in [4.69, 9.17) is 11.5 Å². The summed E-state index contributed by atoms with van der Waals surface area (Å²) < 4.78 is 13.0. The van der Waals surface area contributed by atoms with Gasteiger partial charge < -0.3 is 16.9 Å².